The number of nitrogens with one attached hydrogen (secondary N) is 1. The van der Waals surface area contributed by atoms with Gasteiger partial charge >= 0.3 is 5.97 Å². The normalized spacial score (nSPS) is 18.1. The minimum absolute atomic E-state index is 0.00740. The number of aliphatic carboxylic acids is 1. The van der Waals surface area contributed by atoms with E-state index in [1.165, 1.54) is 11.8 Å². The lowest BCUT2D eigenvalue weighted by molar-refractivity contribution is -0.143. The van der Waals surface area contributed by atoms with Crippen LogP contribution in [0.25, 0.3) is 6.08 Å². The maximum atomic E-state index is 13.0. The van der Waals surface area contributed by atoms with E-state index in [9.17, 15) is 14.7 Å². The van der Waals surface area contributed by atoms with Gasteiger partial charge in [-0.1, -0.05) is 78.9 Å². The molecule has 192 valence electrons. The van der Waals surface area contributed by atoms with Crippen molar-refractivity contribution in [1.82, 2.24) is 15.3 Å². The van der Waals surface area contributed by atoms with Crippen LogP contribution in [0.4, 0.5) is 0 Å². The van der Waals surface area contributed by atoms with E-state index < -0.39 is 11.4 Å². The van der Waals surface area contributed by atoms with E-state index in [0.29, 0.717) is 18.4 Å². The van der Waals surface area contributed by atoms with Crippen LogP contribution >= 0.6 is 0 Å². The average molecular weight is 508 g/mol. The van der Waals surface area contributed by atoms with Crippen LogP contribution in [0.5, 0.6) is 0 Å². The molecule has 1 saturated carbocycles. The summed E-state index contributed by atoms with van der Waals surface area (Å²) < 4.78 is 5.73. The molecule has 0 spiro atoms. The zero-order valence-electron chi connectivity index (χ0n) is 20.9. The molecule has 5 rings (SSSR count). The maximum absolute atomic E-state index is 13.0. The topological polar surface area (TPSA) is 105 Å². The summed E-state index contributed by atoms with van der Waals surface area (Å²) in [7, 11) is 0. The predicted octanol–water partition coefficient (Wildman–Crippen LogP) is 5.61. The summed E-state index contributed by atoms with van der Waals surface area (Å²) in [5, 5.41) is 13.5. The van der Waals surface area contributed by atoms with Gasteiger partial charge in [0.1, 0.15) is 6.26 Å². The highest BCUT2D eigenvalue weighted by atomic mass is 16.4. The number of oxazole rings is 1. The molecule has 1 aliphatic rings. The van der Waals surface area contributed by atoms with Crippen LogP contribution in [0.15, 0.2) is 102 Å². The Hall–Kier alpha value is -4.52. The number of nitrogens with zero attached hydrogens (tertiary/aromatic N) is 2. The molecule has 0 radical (unpaired) electrons. The Morgan fingerprint density at radius 2 is 1.82 bits per heavy atom. The first-order chi connectivity index (χ1) is 18.6. The van der Waals surface area contributed by atoms with Crippen LogP contribution in [0.3, 0.4) is 0 Å². The van der Waals surface area contributed by atoms with Crippen LogP contribution in [0.2, 0.25) is 0 Å². The number of carboxylic acid groups (broad SMARTS) is 1. The molecule has 7 heteroatoms. The zero-order chi connectivity index (χ0) is 26.4. The fourth-order valence-electron chi connectivity index (χ4n) is 4.84. The second-order valence-corrected chi connectivity index (χ2v) is 9.53. The van der Waals surface area contributed by atoms with Crippen molar-refractivity contribution in [2.75, 3.05) is 0 Å². The Kier molecular flexibility index (Phi) is 7.45. The van der Waals surface area contributed by atoms with Crippen molar-refractivity contribution in [2.24, 2.45) is 0 Å². The van der Waals surface area contributed by atoms with E-state index in [1.807, 2.05) is 48.6 Å². The van der Waals surface area contributed by atoms with Gasteiger partial charge in [-0.25, -0.2) is 4.98 Å². The molecule has 2 N–H and O–H groups in total. The second kappa shape index (κ2) is 11.3. The minimum Gasteiger partial charge on any atom is -0.480 e. The lowest BCUT2D eigenvalue weighted by Crippen LogP contribution is -2.38. The molecular formula is C31H29N3O4. The third kappa shape index (κ3) is 5.42. The summed E-state index contributed by atoms with van der Waals surface area (Å²) >= 11 is 0. The molecule has 1 aliphatic carbocycles. The smallest absolute Gasteiger partial charge is 0.323 e. The molecule has 7 nitrogen and oxygen atoms in total. The molecule has 1 amide bonds. The summed E-state index contributed by atoms with van der Waals surface area (Å²) in [6, 6.07) is 22.8. The lowest BCUT2D eigenvalue weighted by Gasteiger charge is -2.26. The third-order valence-corrected chi connectivity index (χ3v) is 6.99. The molecule has 3 unspecified atom stereocenters. The monoisotopic (exact) mass is 507 g/mol. The fraction of sp³-hybridized carbons (Fsp3) is 0.226. The van der Waals surface area contributed by atoms with Gasteiger partial charge in [0, 0.05) is 24.4 Å². The first-order valence-electron chi connectivity index (χ1n) is 12.8. The number of hydrogen-bond acceptors (Lipinski definition) is 5. The number of rotatable bonds is 11. The van der Waals surface area contributed by atoms with Crippen molar-refractivity contribution in [2.45, 2.75) is 43.1 Å². The van der Waals surface area contributed by atoms with Crippen molar-refractivity contribution < 1.29 is 19.1 Å². The molecule has 0 saturated heterocycles. The Morgan fingerprint density at radius 3 is 2.53 bits per heavy atom. The highest BCUT2D eigenvalue weighted by Gasteiger charge is 2.47. The van der Waals surface area contributed by atoms with Gasteiger partial charge in [0.25, 0.3) is 5.91 Å². The van der Waals surface area contributed by atoms with E-state index in [0.717, 1.165) is 12.0 Å². The molecule has 3 atom stereocenters. The summed E-state index contributed by atoms with van der Waals surface area (Å²) in [6.45, 7) is 0. The molecule has 4 aromatic rings. The van der Waals surface area contributed by atoms with Crippen LogP contribution < -0.4 is 5.32 Å². The molecule has 1 fully saturated rings. The summed E-state index contributed by atoms with van der Waals surface area (Å²) in [6.07, 6.45) is 11.1. The number of allylic oxidation sites excluding steroid dienone is 1. The number of carboxylic acids is 1. The number of aromatic nitrogens is 2. The first-order valence-corrected chi connectivity index (χ1v) is 12.8. The number of hydrogen-bond donors (Lipinski definition) is 2. The van der Waals surface area contributed by atoms with Crippen LogP contribution in [-0.2, 0) is 10.2 Å². The number of carbonyl (C=O) groups is 2. The Morgan fingerprint density at radius 1 is 1.05 bits per heavy atom. The molecule has 2 heterocycles. The average Bonchev–Trinajstić information content (AvgIpc) is 3.54. The van der Waals surface area contributed by atoms with E-state index in [2.05, 4.69) is 27.4 Å². The van der Waals surface area contributed by atoms with Crippen molar-refractivity contribution in [1.29, 1.82) is 0 Å². The van der Waals surface area contributed by atoms with E-state index in [4.69, 9.17) is 4.42 Å². The number of pyridine rings is 1. The highest BCUT2D eigenvalue weighted by molar-refractivity contribution is 5.93. The standard InChI is InChI=1S/C31H29N3O4/c35-28(33-26-19-25(26)23-13-5-1-6-14-23)27-21-38-29(34-27)31(30(36)37,24-15-7-2-8-16-24)17-9-3-4-11-22-12-10-18-32-20-22/h1-2,4-8,10-16,18,20-21,25-26H,3,9,17,19H2,(H,33,35)(H,36,37). The maximum Gasteiger partial charge on any atom is 0.323 e. The lowest BCUT2D eigenvalue weighted by atomic mass is 9.76. The largest absolute Gasteiger partial charge is 0.480 e. The Labute approximate surface area is 221 Å². The zero-order valence-corrected chi connectivity index (χ0v) is 20.9. The fourth-order valence-corrected chi connectivity index (χ4v) is 4.84. The van der Waals surface area contributed by atoms with Crippen LogP contribution in [0.1, 0.15) is 64.7 Å². The number of benzene rings is 2. The van der Waals surface area contributed by atoms with Gasteiger partial charge in [0.2, 0.25) is 5.89 Å². The van der Waals surface area contributed by atoms with Crippen molar-refractivity contribution >= 4 is 18.0 Å². The van der Waals surface area contributed by atoms with Gasteiger partial charge in [0.05, 0.1) is 0 Å². The van der Waals surface area contributed by atoms with Crippen molar-refractivity contribution in [3.63, 3.8) is 0 Å². The SMILES string of the molecule is O=C(NC1CC1c1ccccc1)c1coc(C(CCCC=Cc2cccnc2)(C(=O)O)c2ccccc2)n1. The molecule has 38 heavy (non-hydrogen) atoms. The third-order valence-electron chi connectivity index (χ3n) is 6.99. The van der Waals surface area contributed by atoms with Crippen molar-refractivity contribution in [3.05, 3.63) is 126 Å². The van der Waals surface area contributed by atoms with E-state index in [-0.39, 0.29) is 35.9 Å². The summed E-state index contributed by atoms with van der Waals surface area (Å²) in [4.78, 5) is 34.3. The number of carbonyl (C=O) groups excluding carboxylic acids is 1. The van der Waals surface area contributed by atoms with Crippen LogP contribution in [-0.4, -0.2) is 33.0 Å². The predicted molar refractivity (Wildman–Crippen MR) is 144 cm³/mol. The first kappa shape index (κ1) is 25.1. The summed E-state index contributed by atoms with van der Waals surface area (Å²) in [5.41, 5.74) is 1.29. The van der Waals surface area contributed by atoms with Gasteiger partial charge in [-0.05, 0) is 48.4 Å². The van der Waals surface area contributed by atoms with Gasteiger partial charge in [-0.3, -0.25) is 14.6 Å². The number of unbranched alkanes of at least 4 members (excludes halogenated alkanes) is 1. The Bertz CT molecular complexity index is 1400. The second-order valence-electron chi connectivity index (χ2n) is 9.53. The van der Waals surface area contributed by atoms with Crippen LogP contribution in [0, 0.1) is 0 Å². The van der Waals surface area contributed by atoms with Crippen molar-refractivity contribution in [3.8, 4) is 0 Å². The van der Waals surface area contributed by atoms with Gasteiger partial charge in [-0.15, -0.1) is 0 Å². The highest BCUT2D eigenvalue weighted by Crippen LogP contribution is 2.41. The summed E-state index contributed by atoms with van der Waals surface area (Å²) in [5.74, 6) is -1.16. The van der Waals surface area contributed by atoms with E-state index >= 15 is 0 Å². The van der Waals surface area contributed by atoms with E-state index in [1.54, 1.807) is 36.7 Å². The Balaban J connectivity index is 1.32. The minimum atomic E-state index is -1.52. The molecule has 0 bridgehead atoms. The molecule has 2 aromatic heterocycles. The van der Waals surface area contributed by atoms with Gasteiger partial charge in [0.15, 0.2) is 11.1 Å². The number of amides is 1. The van der Waals surface area contributed by atoms with Gasteiger partial charge in [-0.2, -0.15) is 0 Å². The molecule has 0 aliphatic heterocycles. The van der Waals surface area contributed by atoms with Gasteiger partial charge < -0.3 is 14.8 Å². The molecule has 2 aromatic carbocycles. The quantitative estimate of drug-likeness (QED) is 0.256. The molecular weight excluding hydrogens is 478 g/mol.